The largest absolute Gasteiger partial charge is 0.381 e. The van der Waals surface area contributed by atoms with Gasteiger partial charge in [0.15, 0.2) is 0 Å². The highest BCUT2D eigenvalue weighted by molar-refractivity contribution is 6.31. The molecular weight excluding hydrogens is 295 g/mol. The fraction of sp³-hybridized carbons (Fsp3) is 0.600. The summed E-state index contributed by atoms with van der Waals surface area (Å²) in [5.74, 6) is 5.44. The Morgan fingerprint density at radius 3 is 2.81 bits per heavy atom. The lowest BCUT2D eigenvalue weighted by atomic mass is 9.83. The van der Waals surface area contributed by atoms with Crippen molar-refractivity contribution in [3.63, 3.8) is 0 Å². The molecule has 1 aliphatic rings. The molecule has 1 atom stereocenters. The summed E-state index contributed by atoms with van der Waals surface area (Å²) in [6, 6.07) is 4.22. The van der Waals surface area contributed by atoms with E-state index in [0.29, 0.717) is 31.3 Å². The molecule has 0 aromatic heterocycles. The van der Waals surface area contributed by atoms with E-state index in [-0.39, 0.29) is 11.9 Å². The number of halogens is 2. The van der Waals surface area contributed by atoms with Crippen molar-refractivity contribution < 1.29 is 13.9 Å². The van der Waals surface area contributed by atoms with Crippen molar-refractivity contribution in [2.45, 2.75) is 37.8 Å². The molecular formula is C15H22ClFN2O2. The molecule has 1 aromatic rings. The molecule has 0 saturated carbocycles. The Kier molecular flexibility index (Phi) is 5.96. The first-order chi connectivity index (χ1) is 10.1. The molecule has 1 fully saturated rings. The lowest BCUT2D eigenvalue weighted by Gasteiger charge is -2.43. The summed E-state index contributed by atoms with van der Waals surface area (Å²) in [6.07, 6.45) is 2.01. The van der Waals surface area contributed by atoms with Crippen LogP contribution in [0.25, 0.3) is 0 Å². The first-order valence-corrected chi connectivity index (χ1v) is 7.61. The average molecular weight is 317 g/mol. The standard InChI is InChI=1S/C15H22ClFN2O2/c1-2-21-15(5-7-20-8-6-15)14(19-18)10-11-9-12(17)3-4-13(11)16/h3-4,9,14,19H,2,5-8,10,18H2,1H3. The summed E-state index contributed by atoms with van der Waals surface area (Å²) >= 11 is 6.16. The molecule has 0 spiro atoms. The molecule has 0 amide bonds. The molecule has 118 valence electrons. The number of hydrazine groups is 1. The molecule has 3 N–H and O–H groups in total. The normalized spacial score (nSPS) is 19.4. The third-order valence-corrected chi connectivity index (χ3v) is 4.41. The number of nitrogens with one attached hydrogen (secondary N) is 1. The van der Waals surface area contributed by atoms with Crippen LogP contribution in [0.5, 0.6) is 0 Å². The second kappa shape index (κ2) is 7.51. The highest BCUT2D eigenvalue weighted by Crippen LogP contribution is 2.32. The van der Waals surface area contributed by atoms with Crippen LogP contribution >= 0.6 is 11.6 Å². The quantitative estimate of drug-likeness (QED) is 0.625. The molecule has 1 saturated heterocycles. The molecule has 0 radical (unpaired) electrons. The van der Waals surface area contributed by atoms with Gasteiger partial charge in [-0.3, -0.25) is 11.3 Å². The first kappa shape index (κ1) is 16.6. The van der Waals surface area contributed by atoms with Crippen LogP contribution in [0.2, 0.25) is 5.02 Å². The molecule has 0 aliphatic carbocycles. The van der Waals surface area contributed by atoms with Crippen LogP contribution in [0.4, 0.5) is 4.39 Å². The Hall–Kier alpha value is -0.720. The van der Waals surface area contributed by atoms with Gasteiger partial charge in [0, 0.05) is 37.7 Å². The fourth-order valence-corrected chi connectivity index (χ4v) is 3.11. The van der Waals surface area contributed by atoms with Crippen LogP contribution in [0.3, 0.4) is 0 Å². The van der Waals surface area contributed by atoms with Gasteiger partial charge in [-0.25, -0.2) is 4.39 Å². The highest BCUT2D eigenvalue weighted by atomic mass is 35.5. The first-order valence-electron chi connectivity index (χ1n) is 7.23. The Morgan fingerprint density at radius 2 is 2.19 bits per heavy atom. The van der Waals surface area contributed by atoms with Gasteiger partial charge in [-0.05, 0) is 37.1 Å². The second-order valence-corrected chi connectivity index (χ2v) is 5.68. The van der Waals surface area contributed by atoms with Crippen LogP contribution in [0.1, 0.15) is 25.3 Å². The van der Waals surface area contributed by atoms with Gasteiger partial charge in [-0.15, -0.1) is 0 Å². The van der Waals surface area contributed by atoms with Crippen molar-refractivity contribution in [3.8, 4) is 0 Å². The summed E-state index contributed by atoms with van der Waals surface area (Å²) in [5, 5.41) is 0.537. The minimum absolute atomic E-state index is 0.152. The molecule has 1 aromatic carbocycles. The number of nitrogens with two attached hydrogens (primary N) is 1. The Labute approximate surface area is 129 Å². The van der Waals surface area contributed by atoms with Crippen molar-refractivity contribution in [1.82, 2.24) is 5.43 Å². The molecule has 1 heterocycles. The lowest BCUT2D eigenvalue weighted by Crippen LogP contribution is -2.58. The van der Waals surface area contributed by atoms with E-state index >= 15 is 0 Å². The Balaban J connectivity index is 2.22. The smallest absolute Gasteiger partial charge is 0.123 e. The topological polar surface area (TPSA) is 56.5 Å². The van der Waals surface area contributed by atoms with Crippen molar-refractivity contribution in [2.24, 2.45) is 5.84 Å². The maximum Gasteiger partial charge on any atom is 0.123 e. The van der Waals surface area contributed by atoms with Crippen molar-refractivity contribution in [3.05, 3.63) is 34.6 Å². The van der Waals surface area contributed by atoms with E-state index in [0.717, 1.165) is 18.4 Å². The van der Waals surface area contributed by atoms with Crippen LogP contribution < -0.4 is 11.3 Å². The van der Waals surface area contributed by atoms with Crippen molar-refractivity contribution in [1.29, 1.82) is 0 Å². The van der Waals surface area contributed by atoms with E-state index < -0.39 is 5.60 Å². The molecule has 21 heavy (non-hydrogen) atoms. The summed E-state index contributed by atoms with van der Waals surface area (Å²) in [4.78, 5) is 0. The summed E-state index contributed by atoms with van der Waals surface area (Å²) < 4.78 is 24.9. The Bertz CT molecular complexity index is 461. The van der Waals surface area contributed by atoms with Crippen LogP contribution in [0, 0.1) is 5.82 Å². The molecule has 1 unspecified atom stereocenters. The minimum atomic E-state index is -0.405. The van der Waals surface area contributed by atoms with E-state index in [9.17, 15) is 4.39 Å². The maximum absolute atomic E-state index is 13.4. The van der Waals surface area contributed by atoms with E-state index in [1.807, 2.05) is 6.92 Å². The van der Waals surface area contributed by atoms with E-state index in [1.165, 1.54) is 12.1 Å². The van der Waals surface area contributed by atoms with Crippen LogP contribution in [-0.2, 0) is 15.9 Å². The summed E-state index contributed by atoms with van der Waals surface area (Å²) in [7, 11) is 0. The van der Waals surface area contributed by atoms with Gasteiger partial charge in [0.1, 0.15) is 5.82 Å². The van der Waals surface area contributed by atoms with Gasteiger partial charge in [-0.1, -0.05) is 11.6 Å². The van der Waals surface area contributed by atoms with E-state index in [1.54, 1.807) is 6.07 Å². The van der Waals surface area contributed by atoms with Gasteiger partial charge >= 0.3 is 0 Å². The average Bonchev–Trinajstić information content (AvgIpc) is 2.49. The minimum Gasteiger partial charge on any atom is -0.381 e. The van der Waals surface area contributed by atoms with E-state index in [2.05, 4.69) is 5.43 Å². The SMILES string of the molecule is CCOC1(C(Cc2cc(F)ccc2Cl)NN)CCOCC1. The number of hydrogen-bond acceptors (Lipinski definition) is 4. The highest BCUT2D eigenvalue weighted by Gasteiger charge is 2.41. The Morgan fingerprint density at radius 1 is 1.48 bits per heavy atom. The summed E-state index contributed by atoms with van der Waals surface area (Å²) in [5.41, 5.74) is 3.15. The molecule has 0 bridgehead atoms. The number of hydrogen-bond donors (Lipinski definition) is 2. The predicted molar refractivity (Wildman–Crippen MR) is 80.6 cm³/mol. The molecule has 6 heteroatoms. The second-order valence-electron chi connectivity index (χ2n) is 5.27. The zero-order chi connectivity index (χ0) is 15.3. The van der Waals surface area contributed by atoms with Crippen molar-refractivity contribution in [2.75, 3.05) is 19.8 Å². The van der Waals surface area contributed by atoms with Crippen LogP contribution in [0.15, 0.2) is 18.2 Å². The third kappa shape index (κ3) is 3.93. The monoisotopic (exact) mass is 316 g/mol. The lowest BCUT2D eigenvalue weighted by molar-refractivity contribution is -0.126. The van der Waals surface area contributed by atoms with Gasteiger partial charge in [0.2, 0.25) is 0 Å². The molecule has 2 rings (SSSR count). The zero-order valence-corrected chi connectivity index (χ0v) is 13.0. The predicted octanol–water partition coefficient (Wildman–Crippen LogP) is 2.44. The van der Waals surface area contributed by atoms with Gasteiger partial charge in [0.25, 0.3) is 0 Å². The van der Waals surface area contributed by atoms with Gasteiger partial charge in [-0.2, -0.15) is 0 Å². The molecule has 4 nitrogen and oxygen atoms in total. The zero-order valence-electron chi connectivity index (χ0n) is 12.2. The van der Waals surface area contributed by atoms with Crippen LogP contribution in [-0.4, -0.2) is 31.5 Å². The maximum atomic E-state index is 13.4. The van der Waals surface area contributed by atoms with Gasteiger partial charge < -0.3 is 9.47 Å². The number of ether oxygens (including phenoxy) is 2. The molecule has 1 aliphatic heterocycles. The third-order valence-electron chi connectivity index (χ3n) is 4.04. The number of rotatable bonds is 6. The fourth-order valence-electron chi connectivity index (χ4n) is 2.91. The number of benzene rings is 1. The summed E-state index contributed by atoms with van der Waals surface area (Å²) in [6.45, 7) is 3.82. The van der Waals surface area contributed by atoms with Gasteiger partial charge in [0.05, 0.1) is 11.6 Å². The van der Waals surface area contributed by atoms with Crippen molar-refractivity contribution >= 4 is 11.6 Å². The van der Waals surface area contributed by atoms with E-state index in [4.69, 9.17) is 26.9 Å².